The van der Waals surface area contributed by atoms with Gasteiger partial charge < -0.3 is 15.4 Å². The number of rotatable bonds is 7. The Balaban J connectivity index is 2.41. The van der Waals surface area contributed by atoms with E-state index >= 15 is 0 Å². The van der Waals surface area contributed by atoms with Gasteiger partial charge in [-0.25, -0.2) is 0 Å². The number of benzene rings is 1. The molecule has 132 valence electrons. The highest BCUT2D eigenvalue weighted by Crippen LogP contribution is 2.08. The molecule has 2 N–H and O–H groups in total. The summed E-state index contributed by atoms with van der Waals surface area (Å²) < 4.78 is 4.86. The Morgan fingerprint density at radius 2 is 1.67 bits per heavy atom. The lowest BCUT2D eigenvalue weighted by Gasteiger charge is -2.24. The van der Waals surface area contributed by atoms with E-state index in [9.17, 15) is 14.4 Å². The van der Waals surface area contributed by atoms with Crippen LogP contribution in [0.4, 0.5) is 0 Å². The number of carbonyl (C=O) groups excluding carboxylic acids is 3. The smallest absolute Gasteiger partial charge is 0.325 e. The standard InChI is InChI=1S/C18H26N2O4/c1-6-18(4,5)20-15(21)11-24-16(22)10-19-17(23)14-8-12(2)7-13(3)9-14/h7-9H,6,10-11H2,1-5H3,(H,19,23)(H,20,21). The summed E-state index contributed by atoms with van der Waals surface area (Å²) in [4.78, 5) is 35.3. The quantitative estimate of drug-likeness (QED) is 0.746. The van der Waals surface area contributed by atoms with Crippen LogP contribution >= 0.6 is 0 Å². The number of hydrogen-bond acceptors (Lipinski definition) is 4. The number of aryl methyl sites for hydroxylation is 2. The molecule has 0 bridgehead atoms. The molecule has 6 nitrogen and oxygen atoms in total. The zero-order chi connectivity index (χ0) is 18.3. The van der Waals surface area contributed by atoms with Crippen LogP contribution in [0.5, 0.6) is 0 Å². The Hall–Kier alpha value is -2.37. The molecule has 0 aliphatic heterocycles. The van der Waals surface area contributed by atoms with Crippen LogP contribution in [0.3, 0.4) is 0 Å². The predicted octanol–water partition coefficient (Wildman–Crippen LogP) is 1.88. The monoisotopic (exact) mass is 334 g/mol. The van der Waals surface area contributed by atoms with Crippen molar-refractivity contribution in [2.45, 2.75) is 46.6 Å². The molecule has 0 radical (unpaired) electrons. The topological polar surface area (TPSA) is 84.5 Å². The first kappa shape index (κ1) is 19.7. The number of nitrogens with one attached hydrogen (secondary N) is 2. The summed E-state index contributed by atoms with van der Waals surface area (Å²) in [7, 11) is 0. The summed E-state index contributed by atoms with van der Waals surface area (Å²) in [6.45, 7) is 8.88. The Bertz CT molecular complexity index is 603. The Labute approximate surface area is 143 Å². The fourth-order valence-electron chi connectivity index (χ4n) is 2.06. The van der Waals surface area contributed by atoms with Gasteiger partial charge in [0, 0.05) is 11.1 Å². The molecule has 1 aromatic carbocycles. The summed E-state index contributed by atoms with van der Waals surface area (Å²) in [6.07, 6.45) is 0.763. The van der Waals surface area contributed by atoms with Crippen LogP contribution in [0.2, 0.25) is 0 Å². The molecule has 1 aromatic rings. The minimum Gasteiger partial charge on any atom is -0.454 e. The van der Waals surface area contributed by atoms with E-state index in [1.807, 2.05) is 40.7 Å². The van der Waals surface area contributed by atoms with E-state index in [0.29, 0.717) is 5.56 Å². The van der Waals surface area contributed by atoms with Crippen LogP contribution < -0.4 is 10.6 Å². The lowest BCUT2D eigenvalue weighted by molar-refractivity contribution is -0.148. The van der Waals surface area contributed by atoms with Gasteiger partial charge in [0.25, 0.3) is 11.8 Å². The first-order valence-electron chi connectivity index (χ1n) is 7.96. The van der Waals surface area contributed by atoms with Crippen molar-refractivity contribution in [1.82, 2.24) is 10.6 Å². The normalized spacial score (nSPS) is 10.9. The molecule has 2 amide bonds. The van der Waals surface area contributed by atoms with Gasteiger partial charge in [0.15, 0.2) is 6.61 Å². The lowest BCUT2D eigenvalue weighted by Crippen LogP contribution is -2.45. The SMILES string of the molecule is CCC(C)(C)NC(=O)COC(=O)CNC(=O)c1cc(C)cc(C)c1. The third-order valence-corrected chi connectivity index (χ3v) is 3.60. The van der Waals surface area contributed by atoms with E-state index in [2.05, 4.69) is 10.6 Å². The number of hydrogen-bond donors (Lipinski definition) is 2. The molecule has 6 heteroatoms. The molecule has 1 rings (SSSR count). The Morgan fingerprint density at radius 1 is 1.08 bits per heavy atom. The van der Waals surface area contributed by atoms with Crippen molar-refractivity contribution < 1.29 is 19.1 Å². The second-order valence-electron chi connectivity index (χ2n) is 6.51. The van der Waals surface area contributed by atoms with E-state index in [0.717, 1.165) is 17.5 Å². The van der Waals surface area contributed by atoms with Gasteiger partial charge in [-0.15, -0.1) is 0 Å². The zero-order valence-electron chi connectivity index (χ0n) is 15.0. The molecule has 0 aromatic heterocycles. The fourth-order valence-corrected chi connectivity index (χ4v) is 2.06. The minimum atomic E-state index is -0.655. The second-order valence-corrected chi connectivity index (χ2v) is 6.51. The lowest BCUT2D eigenvalue weighted by atomic mass is 10.0. The van der Waals surface area contributed by atoms with Crippen LogP contribution in [0.15, 0.2) is 18.2 Å². The van der Waals surface area contributed by atoms with E-state index < -0.39 is 5.97 Å². The maximum Gasteiger partial charge on any atom is 0.325 e. The van der Waals surface area contributed by atoms with Gasteiger partial charge in [0.1, 0.15) is 6.54 Å². The highest BCUT2D eigenvalue weighted by atomic mass is 16.5. The molecule has 0 heterocycles. The molecule has 0 atom stereocenters. The molecular formula is C18H26N2O4. The third-order valence-electron chi connectivity index (χ3n) is 3.60. The maximum atomic E-state index is 12.0. The average molecular weight is 334 g/mol. The molecule has 0 aliphatic rings. The van der Waals surface area contributed by atoms with E-state index in [1.54, 1.807) is 12.1 Å². The van der Waals surface area contributed by atoms with Gasteiger partial charge in [0.2, 0.25) is 0 Å². The molecule has 0 aliphatic carbocycles. The van der Waals surface area contributed by atoms with Crippen molar-refractivity contribution in [2.24, 2.45) is 0 Å². The zero-order valence-corrected chi connectivity index (χ0v) is 15.0. The second kappa shape index (κ2) is 8.47. The van der Waals surface area contributed by atoms with Gasteiger partial charge in [-0.05, 0) is 46.2 Å². The van der Waals surface area contributed by atoms with Gasteiger partial charge in [-0.3, -0.25) is 14.4 Å². The molecule has 0 fully saturated rings. The molecule has 0 spiro atoms. The Kier molecular flexibility index (Phi) is 6.95. The van der Waals surface area contributed by atoms with Crippen molar-refractivity contribution in [3.05, 3.63) is 34.9 Å². The van der Waals surface area contributed by atoms with Crippen molar-refractivity contribution in [2.75, 3.05) is 13.2 Å². The maximum absolute atomic E-state index is 12.0. The summed E-state index contributed by atoms with van der Waals surface area (Å²) in [5, 5.41) is 5.25. The number of esters is 1. The first-order valence-corrected chi connectivity index (χ1v) is 7.96. The van der Waals surface area contributed by atoms with Crippen molar-refractivity contribution >= 4 is 17.8 Å². The van der Waals surface area contributed by atoms with Gasteiger partial charge in [0.05, 0.1) is 0 Å². The van der Waals surface area contributed by atoms with Crippen LogP contribution in [0.1, 0.15) is 48.7 Å². The molecule has 0 saturated heterocycles. The molecule has 24 heavy (non-hydrogen) atoms. The highest BCUT2D eigenvalue weighted by Gasteiger charge is 2.18. The largest absolute Gasteiger partial charge is 0.454 e. The average Bonchev–Trinajstić information content (AvgIpc) is 2.49. The molecule has 0 saturated carbocycles. The highest BCUT2D eigenvalue weighted by molar-refractivity contribution is 5.96. The number of ether oxygens (including phenoxy) is 1. The number of amides is 2. The van der Waals surface area contributed by atoms with Crippen LogP contribution in [-0.2, 0) is 14.3 Å². The van der Waals surface area contributed by atoms with E-state index in [1.165, 1.54) is 0 Å². The van der Waals surface area contributed by atoms with Crippen molar-refractivity contribution in [3.8, 4) is 0 Å². The van der Waals surface area contributed by atoms with Crippen molar-refractivity contribution in [3.63, 3.8) is 0 Å². The van der Waals surface area contributed by atoms with Crippen LogP contribution in [-0.4, -0.2) is 36.5 Å². The fraction of sp³-hybridized carbons (Fsp3) is 0.500. The van der Waals surface area contributed by atoms with Crippen LogP contribution in [0.25, 0.3) is 0 Å². The van der Waals surface area contributed by atoms with E-state index in [4.69, 9.17) is 4.74 Å². The van der Waals surface area contributed by atoms with E-state index in [-0.39, 0.29) is 30.5 Å². The number of carbonyl (C=O) groups is 3. The summed E-state index contributed by atoms with van der Waals surface area (Å²) >= 11 is 0. The minimum absolute atomic E-state index is 0.281. The molecular weight excluding hydrogens is 308 g/mol. The first-order chi connectivity index (χ1) is 11.1. The third kappa shape index (κ3) is 6.81. The van der Waals surface area contributed by atoms with Gasteiger partial charge in [-0.2, -0.15) is 0 Å². The summed E-state index contributed by atoms with van der Waals surface area (Å²) in [5.41, 5.74) is 2.08. The summed E-state index contributed by atoms with van der Waals surface area (Å²) in [5.74, 6) is -1.37. The predicted molar refractivity (Wildman–Crippen MR) is 91.7 cm³/mol. The van der Waals surface area contributed by atoms with Gasteiger partial charge in [-0.1, -0.05) is 24.1 Å². The Morgan fingerprint density at radius 3 is 2.21 bits per heavy atom. The summed E-state index contributed by atoms with van der Waals surface area (Å²) in [6, 6.07) is 5.45. The van der Waals surface area contributed by atoms with Crippen LogP contribution in [0, 0.1) is 13.8 Å². The molecule has 0 unspecified atom stereocenters. The van der Waals surface area contributed by atoms with Gasteiger partial charge >= 0.3 is 5.97 Å². The van der Waals surface area contributed by atoms with Crippen molar-refractivity contribution in [1.29, 1.82) is 0 Å².